The third-order valence-electron chi connectivity index (χ3n) is 1.89. The molecule has 0 amide bonds. The van der Waals surface area contributed by atoms with Crippen LogP contribution in [0.4, 0.5) is 0 Å². The first-order chi connectivity index (χ1) is 3.33. The van der Waals surface area contributed by atoms with E-state index in [1.165, 1.54) is 19.3 Å². The Labute approximate surface area is 49.7 Å². The summed E-state index contributed by atoms with van der Waals surface area (Å²) in [4.78, 5) is 0. The van der Waals surface area contributed by atoms with Gasteiger partial charge in [0.1, 0.15) is 0 Å². The molecule has 0 aromatic rings. The van der Waals surface area contributed by atoms with E-state index in [0.717, 1.165) is 4.75 Å². The summed E-state index contributed by atoms with van der Waals surface area (Å²) in [7, 11) is 0. The first-order valence-electron chi connectivity index (χ1n) is 2.88. The summed E-state index contributed by atoms with van der Waals surface area (Å²) in [6, 6.07) is 0. The molecule has 0 spiro atoms. The van der Waals surface area contributed by atoms with E-state index in [4.69, 9.17) is 0 Å². The average molecular weight is 116 g/mol. The fraction of sp³-hybridized carbons (Fsp3) is 1.00. The molecule has 0 N–H and O–H groups in total. The van der Waals surface area contributed by atoms with Crippen LogP contribution in [0.15, 0.2) is 0 Å². The summed E-state index contributed by atoms with van der Waals surface area (Å²) in [6.45, 7) is 2.28. The van der Waals surface area contributed by atoms with Gasteiger partial charge in [-0.05, 0) is 25.5 Å². The number of thioether (sulfide) groups is 1. The van der Waals surface area contributed by atoms with Gasteiger partial charge in [0.25, 0.3) is 0 Å². The molecule has 1 aliphatic rings. The normalized spacial score (nSPS) is 24.9. The van der Waals surface area contributed by atoms with Crippen LogP contribution in [0.2, 0.25) is 0 Å². The van der Waals surface area contributed by atoms with E-state index in [0.29, 0.717) is 0 Å². The minimum atomic E-state index is 0.750. The third kappa shape index (κ3) is 0.933. The number of rotatable bonds is 2. The fourth-order valence-electron chi connectivity index (χ4n) is 0.841. The van der Waals surface area contributed by atoms with Crippen molar-refractivity contribution in [2.24, 2.45) is 0 Å². The van der Waals surface area contributed by atoms with E-state index in [2.05, 4.69) is 13.2 Å². The van der Waals surface area contributed by atoms with E-state index < -0.39 is 0 Å². The van der Waals surface area contributed by atoms with Crippen LogP contribution in [0.25, 0.3) is 0 Å². The minimum Gasteiger partial charge on any atom is -0.159 e. The van der Waals surface area contributed by atoms with Crippen molar-refractivity contribution >= 4 is 11.8 Å². The topological polar surface area (TPSA) is 0 Å². The summed E-state index contributed by atoms with van der Waals surface area (Å²) in [6.07, 6.45) is 6.51. The zero-order chi connectivity index (χ0) is 5.33. The van der Waals surface area contributed by atoms with Crippen molar-refractivity contribution in [1.29, 1.82) is 0 Å². The highest BCUT2D eigenvalue weighted by molar-refractivity contribution is 8.00. The highest BCUT2D eigenvalue weighted by Crippen LogP contribution is 2.49. The number of hydrogen-bond acceptors (Lipinski definition) is 1. The summed E-state index contributed by atoms with van der Waals surface area (Å²) >= 11 is 2.04. The zero-order valence-electron chi connectivity index (χ0n) is 5.03. The van der Waals surface area contributed by atoms with Crippen molar-refractivity contribution in [2.75, 3.05) is 6.26 Å². The highest BCUT2D eigenvalue weighted by Gasteiger charge is 2.39. The Morgan fingerprint density at radius 2 is 2.14 bits per heavy atom. The maximum atomic E-state index is 2.28. The molecule has 1 rings (SSSR count). The van der Waals surface area contributed by atoms with E-state index in [1.807, 2.05) is 11.8 Å². The minimum absolute atomic E-state index is 0.750. The molecule has 0 unspecified atom stereocenters. The average Bonchev–Trinajstić information content (AvgIpc) is 2.46. The van der Waals surface area contributed by atoms with Crippen LogP contribution in [0.1, 0.15) is 26.2 Å². The van der Waals surface area contributed by atoms with Crippen LogP contribution in [-0.2, 0) is 0 Å². The molecule has 0 aromatic heterocycles. The zero-order valence-corrected chi connectivity index (χ0v) is 5.85. The van der Waals surface area contributed by atoms with Crippen molar-refractivity contribution in [1.82, 2.24) is 0 Å². The molecule has 1 heteroatoms. The van der Waals surface area contributed by atoms with Crippen LogP contribution >= 0.6 is 11.8 Å². The molecule has 0 nitrogen and oxygen atoms in total. The smallest absolute Gasteiger partial charge is 0.0155 e. The van der Waals surface area contributed by atoms with Gasteiger partial charge in [-0.15, -0.1) is 0 Å². The van der Waals surface area contributed by atoms with Gasteiger partial charge in [0, 0.05) is 4.75 Å². The SMILES string of the molecule is CCC1(SC)CC1. The quantitative estimate of drug-likeness (QED) is 0.533. The second-order valence-electron chi connectivity index (χ2n) is 2.24. The molecule has 7 heavy (non-hydrogen) atoms. The molecule has 0 bridgehead atoms. The maximum absolute atomic E-state index is 2.28. The maximum Gasteiger partial charge on any atom is 0.0155 e. The predicted molar refractivity (Wildman–Crippen MR) is 35.8 cm³/mol. The first-order valence-corrected chi connectivity index (χ1v) is 4.10. The van der Waals surface area contributed by atoms with Crippen LogP contribution in [-0.4, -0.2) is 11.0 Å². The summed E-state index contributed by atoms with van der Waals surface area (Å²) < 4.78 is 0.750. The van der Waals surface area contributed by atoms with Gasteiger partial charge in [-0.1, -0.05) is 6.92 Å². The molecule has 1 aliphatic carbocycles. The van der Waals surface area contributed by atoms with Crippen LogP contribution in [0, 0.1) is 0 Å². The summed E-state index contributed by atoms with van der Waals surface area (Å²) in [5, 5.41) is 0. The molecule has 0 heterocycles. The molecule has 0 aromatic carbocycles. The molecule has 0 atom stereocenters. The molecule has 0 radical (unpaired) electrons. The molecule has 1 saturated carbocycles. The van der Waals surface area contributed by atoms with Crippen LogP contribution in [0.3, 0.4) is 0 Å². The van der Waals surface area contributed by atoms with Crippen molar-refractivity contribution < 1.29 is 0 Å². The van der Waals surface area contributed by atoms with Gasteiger partial charge in [-0.3, -0.25) is 0 Å². The molecule has 42 valence electrons. The lowest BCUT2D eigenvalue weighted by atomic mass is 10.3. The first kappa shape index (κ1) is 5.49. The molecule has 0 saturated heterocycles. The van der Waals surface area contributed by atoms with Gasteiger partial charge in [-0.25, -0.2) is 0 Å². The van der Waals surface area contributed by atoms with E-state index in [-0.39, 0.29) is 0 Å². The Bertz CT molecular complexity index is 58.6. The van der Waals surface area contributed by atoms with Crippen LogP contribution < -0.4 is 0 Å². The Kier molecular flexibility index (Phi) is 1.33. The van der Waals surface area contributed by atoms with Crippen LogP contribution in [0.5, 0.6) is 0 Å². The second kappa shape index (κ2) is 1.70. The van der Waals surface area contributed by atoms with Crippen molar-refractivity contribution in [2.45, 2.75) is 30.9 Å². The van der Waals surface area contributed by atoms with E-state index in [1.54, 1.807) is 0 Å². The molecule has 0 aliphatic heterocycles. The standard InChI is InChI=1S/C6H12S/c1-3-6(7-2)4-5-6/h3-5H2,1-2H3. The van der Waals surface area contributed by atoms with Gasteiger partial charge >= 0.3 is 0 Å². The molecule has 1 fully saturated rings. The van der Waals surface area contributed by atoms with Crippen molar-refractivity contribution in [3.63, 3.8) is 0 Å². The lowest BCUT2D eigenvalue weighted by Gasteiger charge is -2.04. The Balaban J connectivity index is 2.28. The lowest BCUT2D eigenvalue weighted by molar-refractivity contribution is 0.856. The monoisotopic (exact) mass is 116 g/mol. The van der Waals surface area contributed by atoms with E-state index >= 15 is 0 Å². The van der Waals surface area contributed by atoms with Gasteiger partial charge in [0.15, 0.2) is 0 Å². The predicted octanol–water partition coefficient (Wildman–Crippen LogP) is 2.29. The van der Waals surface area contributed by atoms with Gasteiger partial charge in [-0.2, -0.15) is 11.8 Å². The van der Waals surface area contributed by atoms with Gasteiger partial charge in [0.05, 0.1) is 0 Å². The van der Waals surface area contributed by atoms with Gasteiger partial charge in [0.2, 0.25) is 0 Å². The second-order valence-corrected chi connectivity index (χ2v) is 3.51. The lowest BCUT2D eigenvalue weighted by Crippen LogP contribution is -1.96. The summed E-state index contributed by atoms with van der Waals surface area (Å²) in [5.74, 6) is 0. The van der Waals surface area contributed by atoms with E-state index in [9.17, 15) is 0 Å². The van der Waals surface area contributed by atoms with Gasteiger partial charge < -0.3 is 0 Å². The molecular formula is C6H12S. The number of hydrogen-bond donors (Lipinski definition) is 0. The van der Waals surface area contributed by atoms with Crippen molar-refractivity contribution in [3.8, 4) is 0 Å². The molecular weight excluding hydrogens is 104 g/mol. The highest BCUT2D eigenvalue weighted by atomic mass is 32.2. The fourth-order valence-corrected chi connectivity index (χ4v) is 1.64. The van der Waals surface area contributed by atoms with Crippen molar-refractivity contribution in [3.05, 3.63) is 0 Å². The summed E-state index contributed by atoms with van der Waals surface area (Å²) in [5.41, 5.74) is 0. The Morgan fingerprint density at radius 3 is 2.14 bits per heavy atom. The Morgan fingerprint density at radius 1 is 1.57 bits per heavy atom. The Hall–Kier alpha value is 0.350. The third-order valence-corrected chi connectivity index (χ3v) is 3.45. The largest absolute Gasteiger partial charge is 0.159 e.